The summed E-state index contributed by atoms with van der Waals surface area (Å²) in [6.07, 6.45) is 1.94. The first-order valence-corrected chi connectivity index (χ1v) is 8.64. The van der Waals surface area contributed by atoms with Gasteiger partial charge < -0.3 is 11.1 Å². The molecule has 1 aromatic carbocycles. The zero-order chi connectivity index (χ0) is 15.9. The van der Waals surface area contributed by atoms with Gasteiger partial charge in [0.1, 0.15) is 0 Å². The van der Waals surface area contributed by atoms with Crippen LogP contribution >= 0.6 is 34.5 Å². The van der Waals surface area contributed by atoms with Crippen molar-refractivity contribution in [1.29, 1.82) is 0 Å². The third kappa shape index (κ3) is 5.29. The van der Waals surface area contributed by atoms with Gasteiger partial charge in [0.15, 0.2) is 0 Å². The Morgan fingerprint density at radius 2 is 2.00 bits per heavy atom. The SMILES string of the molecule is NC(CNC(=O)CCCc1cc(Cl)sc1Cl)c1ccccc1. The number of aryl methyl sites for hydroxylation is 1. The second-order valence-corrected chi connectivity index (χ2v) is 7.31. The molecular formula is C16H18Cl2N2OS. The smallest absolute Gasteiger partial charge is 0.220 e. The molecule has 0 bridgehead atoms. The van der Waals surface area contributed by atoms with Crippen molar-refractivity contribution in [1.82, 2.24) is 5.32 Å². The van der Waals surface area contributed by atoms with Crippen LogP contribution in [0.5, 0.6) is 0 Å². The number of carbonyl (C=O) groups is 1. The molecule has 0 spiro atoms. The summed E-state index contributed by atoms with van der Waals surface area (Å²) >= 11 is 13.3. The van der Waals surface area contributed by atoms with E-state index in [-0.39, 0.29) is 11.9 Å². The second-order valence-electron chi connectivity index (χ2n) is 5.02. The maximum Gasteiger partial charge on any atom is 0.220 e. The maximum atomic E-state index is 11.8. The quantitative estimate of drug-likeness (QED) is 0.781. The number of hydrogen-bond donors (Lipinski definition) is 2. The van der Waals surface area contributed by atoms with Gasteiger partial charge in [-0.1, -0.05) is 53.5 Å². The highest BCUT2D eigenvalue weighted by Gasteiger charge is 2.09. The lowest BCUT2D eigenvalue weighted by molar-refractivity contribution is -0.121. The van der Waals surface area contributed by atoms with Crippen molar-refractivity contribution in [2.45, 2.75) is 25.3 Å². The van der Waals surface area contributed by atoms with Crippen LogP contribution in [0, 0.1) is 0 Å². The van der Waals surface area contributed by atoms with Crippen molar-refractivity contribution >= 4 is 40.4 Å². The monoisotopic (exact) mass is 356 g/mol. The van der Waals surface area contributed by atoms with Gasteiger partial charge in [0.2, 0.25) is 5.91 Å². The molecule has 0 fully saturated rings. The summed E-state index contributed by atoms with van der Waals surface area (Å²) < 4.78 is 1.38. The summed E-state index contributed by atoms with van der Waals surface area (Å²) in [6, 6.07) is 11.4. The highest BCUT2D eigenvalue weighted by molar-refractivity contribution is 7.20. The third-order valence-corrected chi connectivity index (χ3v) is 4.89. The molecule has 22 heavy (non-hydrogen) atoms. The van der Waals surface area contributed by atoms with Crippen LogP contribution in [0.4, 0.5) is 0 Å². The topological polar surface area (TPSA) is 55.1 Å². The van der Waals surface area contributed by atoms with Crippen LogP contribution in [0.1, 0.15) is 30.0 Å². The van der Waals surface area contributed by atoms with Crippen LogP contribution in [0.2, 0.25) is 8.67 Å². The maximum absolute atomic E-state index is 11.8. The fourth-order valence-electron chi connectivity index (χ4n) is 2.11. The largest absolute Gasteiger partial charge is 0.354 e. The van der Waals surface area contributed by atoms with Crippen LogP contribution in [-0.4, -0.2) is 12.5 Å². The van der Waals surface area contributed by atoms with Gasteiger partial charge in [-0.3, -0.25) is 4.79 Å². The molecule has 118 valence electrons. The first kappa shape index (κ1) is 17.3. The van der Waals surface area contributed by atoms with E-state index in [9.17, 15) is 4.79 Å². The zero-order valence-corrected chi connectivity index (χ0v) is 14.3. The van der Waals surface area contributed by atoms with Crippen molar-refractivity contribution in [3.63, 3.8) is 0 Å². The Bertz CT molecular complexity index is 616. The molecule has 1 aromatic heterocycles. The van der Waals surface area contributed by atoms with Crippen molar-refractivity contribution in [2.24, 2.45) is 5.73 Å². The third-order valence-electron chi connectivity index (χ3n) is 3.32. The van der Waals surface area contributed by atoms with E-state index in [1.165, 1.54) is 11.3 Å². The summed E-state index contributed by atoms with van der Waals surface area (Å²) in [7, 11) is 0. The Labute approximate surface area is 144 Å². The Kier molecular flexibility index (Phi) is 6.70. The molecule has 1 amide bonds. The highest BCUT2D eigenvalue weighted by Crippen LogP contribution is 2.31. The Hall–Kier alpha value is -1.07. The minimum absolute atomic E-state index is 0.00355. The van der Waals surface area contributed by atoms with E-state index in [0.717, 1.165) is 24.0 Å². The van der Waals surface area contributed by atoms with Crippen LogP contribution in [0.25, 0.3) is 0 Å². The number of hydrogen-bond acceptors (Lipinski definition) is 3. The minimum Gasteiger partial charge on any atom is -0.354 e. The van der Waals surface area contributed by atoms with E-state index >= 15 is 0 Å². The summed E-state index contributed by atoms with van der Waals surface area (Å²) in [5.41, 5.74) is 8.06. The normalized spacial score (nSPS) is 12.1. The predicted octanol–water partition coefficient (Wildman–Crippen LogP) is 4.19. The molecule has 1 unspecified atom stereocenters. The molecule has 1 heterocycles. The molecule has 0 aliphatic rings. The lowest BCUT2D eigenvalue weighted by atomic mass is 10.1. The molecule has 3 N–H and O–H groups in total. The van der Waals surface area contributed by atoms with E-state index < -0.39 is 0 Å². The molecule has 0 aliphatic heterocycles. The minimum atomic E-state index is -0.185. The second kappa shape index (κ2) is 8.53. The Morgan fingerprint density at radius 1 is 1.27 bits per heavy atom. The summed E-state index contributed by atoms with van der Waals surface area (Å²) in [5.74, 6) is 0.00355. The molecule has 0 aliphatic carbocycles. The van der Waals surface area contributed by atoms with Gasteiger partial charge in [-0.15, -0.1) is 11.3 Å². The number of benzene rings is 1. The highest BCUT2D eigenvalue weighted by atomic mass is 35.5. The van der Waals surface area contributed by atoms with Crippen LogP contribution in [-0.2, 0) is 11.2 Å². The van der Waals surface area contributed by atoms with Gasteiger partial charge in [0.05, 0.1) is 8.67 Å². The van der Waals surface area contributed by atoms with Crippen LogP contribution in [0.15, 0.2) is 36.4 Å². The molecule has 0 radical (unpaired) electrons. The lowest BCUT2D eigenvalue weighted by Gasteiger charge is -2.13. The standard InChI is InChI=1S/C16H18Cl2N2OS/c17-14-9-12(16(18)22-14)7-4-8-15(21)20-10-13(19)11-5-2-1-3-6-11/h1-3,5-6,9,13H,4,7-8,10,19H2,(H,20,21). The molecule has 6 heteroatoms. The summed E-state index contributed by atoms with van der Waals surface area (Å²) in [4.78, 5) is 11.8. The van der Waals surface area contributed by atoms with E-state index in [1.807, 2.05) is 36.4 Å². The summed E-state index contributed by atoms with van der Waals surface area (Å²) in [5, 5.41) is 2.87. The number of nitrogens with one attached hydrogen (secondary N) is 1. The summed E-state index contributed by atoms with van der Waals surface area (Å²) in [6.45, 7) is 0.438. The van der Waals surface area contributed by atoms with Gasteiger partial charge >= 0.3 is 0 Å². The Balaban J connectivity index is 1.69. The average Bonchev–Trinajstić information content (AvgIpc) is 2.83. The molecular weight excluding hydrogens is 339 g/mol. The number of rotatable bonds is 7. The number of nitrogens with two attached hydrogens (primary N) is 1. The van der Waals surface area contributed by atoms with Crippen LogP contribution in [0.3, 0.4) is 0 Å². The number of thiophene rings is 1. The number of amides is 1. The number of carbonyl (C=O) groups excluding carboxylic acids is 1. The molecule has 3 nitrogen and oxygen atoms in total. The van der Waals surface area contributed by atoms with Crippen LogP contribution < -0.4 is 11.1 Å². The van der Waals surface area contributed by atoms with Gasteiger partial charge in [-0.05, 0) is 30.0 Å². The Morgan fingerprint density at radius 3 is 2.64 bits per heavy atom. The molecule has 2 aromatic rings. The molecule has 1 atom stereocenters. The fourth-order valence-corrected chi connectivity index (χ4v) is 3.66. The van der Waals surface area contributed by atoms with Gasteiger partial charge in [0, 0.05) is 19.0 Å². The van der Waals surface area contributed by atoms with E-state index in [1.54, 1.807) is 0 Å². The fraction of sp³-hybridized carbons (Fsp3) is 0.312. The van der Waals surface area contributed by atoms with Crippen molar-refractivity contribution < 1.29 is 4.79 Å². The first-order valence-electron chi connectivity index (χ1n) is 7.07. The van der Waals surface area contributed by atoms with Gasteiger partial charge in [-0.25, -0.2) is 0 Å². The molecule has 0 saturated carbocycles. The number of halogens is 2. The predicted molar refractivity (Wildman–Crippen MR) is 93.7 cm³/mol. The van der Waals surface area contributed by atoms with Crippen molar-refractivity contribution in [2.75, 3.05) is 6.54 Å². The zero-order valence-electron chi connectivity index (χ0n) is 12.0. The first-order chi connectivity index (χ1) is 10.6. The van der Waals surface area contributed by atoms with Gasteiger partial charge in [0.25, 0.3) is 0 Å². The van der Waals surface area contributed by atoms with Crippen molar-refractivity contribution in [3.8, 4) is 0 Å². The average molecular weight is 357 g/mol. The van der Waals surface area contributed by atoms with Gasteiger partial charge in [-0.2, -0.15) is 0 Å². The molecule has 0 saturated heterocycles. The van der Waals surface area contributed by atoms with Crippen molar-refractivity contribution in [3.05, 3.63) is 56.2 Å². The molecule has 2 rings (SSSR count). The lowest BCUT2D eigenvalue weighted by Crippen LogP contribution is -2.31. The van der Waals surface area contributed by atoms with E-state index in [2.05, 4.69) is 5.32 Å². The van der Waals surface area contributed by atoms with E-state index in [0.29, 0.717) is 21.6 Å². The van der Waals surface area contributed by atoms with E-state index in [4.69, 9.17) is 28.9 Å².